The summed E-state index contributed by atoms with van der Waals surface area (Å²) in [6, 6.07) is 6.29. The second-order valence-electron chi connectivity index (χ2n) is 3.55. The number of alkyl halides is 3. The van der Waals surface area contributed by atoms with Crippen molar-refractivity contribution in [1.82, 2.24) is 10.2 Å². The van der Waals surface area contributed by atoms with E-state index in [9.17, 15) is 18.0 Å². The van der Waals surface area contributed by atoms with E-state index in [1.807, 2.05) is 5.10 Å². The lowest BCUT2D eigenvalue weighted by molar-refractivity contribution is -0.141. The molecule has 0 fully saturated rings. The normalized spacial score (nSPS) is 11.5. The van der Waals surface area contributed by atoms with E-state index >= 15 is 0 Å². The standard InChI is InChI=1S/C11H7F3N2O2/c12-11(13,14)9-5-8(15-16-9)6-1-3-7(4-2-6)10(17)18/h1-5H,(H,15,16)(H,17,18). The number of hydrogen-bond donors (Lipinski definition) is 2. The average Bonchev–Trinajstić information content (AvgIpc) is 2.78. The van der Waals surface area contributed by atoms with Crippen LogP contribution in [0.2, 0.25) is 0 Å². The maximum atomic E-state index is 12.3. The highest BCUT2D eigenvalue weighted by atomic mass is 19.4. The fraction of sp³-hybridized carbons (Fsp3) is 0.0909. The summed E-state index contributed by atoms with van der Waals surface area (Å²) in [5, 5.41) is 14.1. The van der Waals surface area contributed by atoms with Gasteiger partial charge in [0.2, 0.25) is 0 Å². The van der Waals surface area contributed by atoms with Gasteiger partial charge in [-0.15, -0.1) is 0 Å². The van der Waals surface area contributed by atoms with Gasteiger partial charge in [0.05, 0.1) is 11.3 Å². The van der Waals surface area contributed by atoms with Crippen molar-refractivity contribution in [2.24, 2.45) is 0 Å². The van der Waals surface area contributed by atoms with Gasteiger partial charge in [0.1, 0.15) is 5.69 Å². The van der Waals surface area contributed by atoms with Crippen LogP contribution in [0.5, 0.6) is 0 Å². The number of aromatic carboxylic acids is 1. The van der Waals surface area contributed by atoms with E-state index < -0.39 is 17.8 Å². The lowest BCUT2D eigenvalue weighted by atomic mass is 10.1. The summed E-state index contributed by atoms with van der Waals surface area (Å²) < 4.78 is 37.0. The Kier molecular flexibility index (Phi) is 2.82. The average molecular weight is 256 g/mol. The summed E-state index contributed by atoms with van der Waals surface area (Å²) in [7, 11) is 0. The molecule has 0 unspecified atom stereocenters. The van der Waals surface area contributed by atoms with Gasteiger partial charge in [0, 0.05) is 5.56 Å². The number of H-pyrrole nitrogens is 1. The van der Waals surface area contributed by atoms with E-state index in [2.05, 4.69) is 5.10 Å². The molecule has 0 aliphatic heterocycles. The Balaban J connectivity index is 2.32. The van der Waals surface area contributed by atoms with Gasteiger partial charge in [0.25, 0.3) is 0 Å². The van der Waals surface area contributed by atoms with Crippen molar-refractivity contribution in [3.8, 4) is 11.3 Å². The molecule has 1 aromatic heterocycles. The number of hydrogen-bond acceptors (Lipinski definition) is 2. The van der Waals surface area contributed by atoms with E-state index in [0.29, 0.717) is 5.56 Å². The molecule has 7 heteroatoms. The molecule has 0 aliphatic carbocycles. The molecular formula is C11H7F3N2O2. The van der Waals surface area contributed by atoms with Crippen molar-refractivity contribution >= 4 is 5.97 Å². The van der Waals surface area contributed by atoms with E-state index in [4.69, 9.17) is 5.11 Å². The highest BCUT2D eigenvalue weighted by Gasteiger charge is 2.33. The number of carboxylic acids is 1. The van der Waals surface area contributed by atoms with Crippen molar-refractivity contribution in [2.75, 3.05) is 0 Å². The van der Waals surface area contributed by atoms with Gasteiger partial charge in [-0.2, -0.15) is 18.3 Å². The van der Waals surface area contributed by atoms with Crippen LogP contribution in [0.15, 0.2) is 30.3 Å². The zero-order valence-corrected chi connectivity index (χ0v) is 8.82. The highest BCUT2D eigenvalue weighted by molar-refractivity contribution is 5.88. The van der Waals surface area contributed by atoms with Crippen LogP contribution < -0.4 is 0 Å². The number of benzene rings is 1. The van der Waals surface area contributed by atoms with Crippen LogP contribution in [0.25, 0.3) is 11.3 Å². The molecule has 94 valence electrons. The van der Waals surface area contributed by atoms with Gasteiger partial charge in [-0.3, -0.25) is 5.10 Å². The van der Waals surface area contributed by atoms with Crippen molar-refractivity contribution in [3.05, 3.63) is 41.6 Å². The molecule has 0 atom stereocenters. The minimum absolute atomic E-state index is 0.0605. The number of halogens is 3. The molecule has 18 heavy (non-hydrogen) atoms. The van der Waals surface area contributed by atoms with Crippen LogP contribution in [0.4, 0.5) is 13.2 Å². The van der Waals surface area contributed by atoms with Gasteiger partial charge in [-0.05, 0) is 18.2 Å². The first-order valence-electron chi connectivity index (χ1n) is 4.84. The first kappa shape index (κ1) is 12.2. The van der Waals surface area contributed by atoms with Crippen molar-refractivity contribution in [3.63, 3.8) is 0 Å². The van der Waals surface area contributed by atoms with Crippen LogP contribution in [0.1, 0.15) is 16.1 Å². The Labute approximate surface area is 99.1 Å². The summed E-state index contributed by atoms with van der Waals surface area (Å²) >= 11 is 0. The van der Waals surface area contributed by atoms with Crippen LogP contribution in [0.3, 0.4) is 0 Å². The molecule has 4 nitrogen and oxygen atoms in total. The number of carboxylic acid groups (broad SMARTS) is 1. The maximum Gasteiger partial charge on any atom is 0.432 e. The Morgan fingerprint density at radius 1 is 1.22 bits per heavy atom. The second-order valence-corrected chi connectivity index (χ2v) is 3.55. The summed E-state index contributed by atoms with van der Waals surface area (Å²) in [4.78, 5) is 10.6. The Morgan fingerprint density at radius 3 is 2.28 bits per heavy atom. The predicted molar refractivity (Wildman–Crippen MR) is 56.0 cm³/mol. The molecule has 0 saturated heterocycles. The van der Waals surface area contributed by atoms with E-state index in [1.165, 1.54) is 24.3 Å². The lowest BCUT2D eigenvalue weighted by Crippen LogP contribution is -2.04. The molecule has 2 N–H and O–H groups in total. The van der Waals surface area contributed by atoms with E-state index in [0.717, 1.165) is 6.07 Å². The van der Waals surface area contributed by atoms with Crippen molar-refractivity contribution in [2.45, 2.75) is 6.18 Å². The van der Waals surface area contributed by atoms with Crippen LogP contribution in [-0.2, 0) is 6.18 Å². The third kappa shape index (κ3) is 2.34. The molecule has 0 spiro atoms. The van der Waals surface area contributed by atoms with E-state index in [1.54, 1.807) is 0 Å². The number of aromatic nitrogens is 2. The molecule has 0 amide bonds. The Hall–Kier alpha value is -2.31. The fourth-order valence-corrected chi connectivity index (χ4v) is 1.40. The first-order chi connectivity index (χ1) is 8.38. The number of nitrogens with zero attached hydrogens (tertiary/aromatic N) is 1. The summed E-state index contributed by atoms with van der Waals surface area (Å²) in [5.41, 5.74) is -0.365. The minimum Gasteiger partial charge on any atom is -0.478 e. The molecular weight excluding hydrogens is 249 g/mol. The highest BCUT2D eigenvalue weighted by Crippen LogP contribution is 2.30. The third-order valence-electron chi connectivity index (χ3n) is 2.31. The van der Waals surface area contributed by atoms with Gasteiger partial charge in [-0.25, -0.2) is 4.79 Å². The molecule has 2 rings (SSSR count). The molecule has 0 bridgehead atoms. The minimum atomic E-state index is -4.48. The zero-order valence-electron chi connectivity index (χ0n) is 8.82. The molecule has 2 aromatic rings. The molecule has 0 aliphatic rings. The molecule has 0 radical (unpaired) electrons. The number of rotatable bonds is 2. The van der Waals surface area contributed by atoms with Gasteiger partial charge in [0.15, 0.2) is 0 Å². The van der Waals surface area contributed by atoms with Crippen LogP contribution in [0, 0.1) is 0 Å². The number of aromatic amines is 1. The quantitative estimate of drug-likeness (QED) is 0.868. The molecule has 0 saturated carbocycles. The molecule has 1 heterocycles. The van der Waals surface area contributed by atoms with Crippen molar-refractivity contribution < 1.29 is 23.1 Å². The lowest BCUT2D eigenvalue weighted by Gasteiger charge is -2.00. The Morgan fingerprint density at radius 2 is 1.83 bits per heavy atom. The summed E-state index contributed by atoms with van der Waals surface area (Å²) in [6.07, 6.45) is -4.48. The second kappa shape index (κ2) is 4.17. The topological polar surface area (TPSA) is 66.0 Å². The van der Waals surface area contributed by atoms with Crippen LogP contribution in [-0.4, -0.2) is 21.3 Å². The molecule has 1 aromatic carbocycles. The van der Waals surface area contributed by atoms with Crippen LogP contribution >= 0.6 is 0 Å². The van der Waals surface area contributed by atoms with E-state index in [-0.39, 0.29) is 11.3 Å². The number of carbonyl (C=O) groups is 1. The summed E-state index contributed by atoms with van der Waals surface area (Å²) in [6.45, 7) is 0. The SMILES string of the molecule is O=C(O)c1ccc(-c2cc(C(F)(F)F)[nH]n2)cc1. The van der Waals surface area contributed by atoms with Gasteiger partial charge in [-0.1, -0.05) is 12.1 Å². The largest absolute Gasteiger partial charge is 0.478 e. The zero-order chi connectivity index (χ0) is 13.3. The monoisotopic (exact) mass is 256 g/mol. The first-order valence-corrected chi connectivity index (χ1v) is 4.84. The van der Waals surface area contributed by atoms with Gasteiger partial charge < -0.3 is 5.11 Å². The van der Waals surface area contributed by atoms with Gasteiger partial charge >= 0.3 is 12.1 Å². The fourth-order valence-electron chi connectivity index (χ4n) is 1.40. The maximum absolute atomic E-state index is 12.3. The predicted octanol–water partition coefficient (Wildman–Crippen LogP) is 2.79. The Bertz CT molecular complexity index is 573. The smallest absolute Gasteiger partial charge is 0.432 e. The number of nitrogens with one attached hydrogen (secondary N) is 1. The third-order valence-corrected chi connectivity index (χ3v) is 2.31. The summed E-state index contributed by atoms with van der Waals surface area (Å²) in [5.74, 6) is -1.10. The van der Waals surface area contributed by atoms with Crippen molar-refractivity contribution in [1.29, 1.82) is 0 Å².